The summed E-state index contributed by atoms with van der Waals surface area (Å²) in [6, 6.07) is 25.3. The first-order valence-electron chi connectivity index (χ1n) is 12.0. The van der Waals surface area contributed by atoms with Gasteiger partial charge in [-0.25, -0.2) is 0 Å². The third-order valence-electron chi connectivity index (χ3n) is 6.87. The molecule has 0 heterocycles. The first-order valence-corrected chi connectivity index (χ1v) is 12.0. The van der Waals surface area contributed by atoms with Gasteiger partial charge in [0.2, 0.25) is 0 Å². The first kappa shape index (κ1) is 21.6. The van der Waals surface area contributed by atoms with E-state index in [-0.39, 0.29) is 0 Å². The summed E-state index contributed by atoms with van der Waals surface area (Å²) in [6.07, 6.45) is 7.79. The molecule has 31 heavy (non-hydrogen) atoms. The van der Waals surface area contributed by atoms with E-state index in [1.165, 1.54) is 71.1 Å². The molecule has 0 nitrogen and oxygen atoms in total. The number of aryl methyl sites for hydroxylation is 1. The quantitative estimate of drug-likeness (QED) is 0.382. The van der Waals surface area contributed by atoms with Gasteiger partial charge in [0, 0.05) is 0 Å². The highest BCUT2D eigenvalue weighted by atomic mass is 14.2. The molecule has 3 aromatic carbocycles. The zero-order valence-corrected chi connectivity index (χ0v) is 19.5. The Morgan fingerprint density at radius 2 is 1.58 bits per heavy atom. The van der Waals surface area contributed by atoms with Crippen LogP contribution in [0, 0.1) is 12.8 Å². The van der Waals surface area contributed by atoms with Crippen LogP contribution < -0.4 is 0 Å². The lowest BCUT2D eigenvalue weighted by Gasteiger charge is -2.23. The lowest BCUT2D eigenvalue weighted by Crippen LogP contribution is -2.05. The van der Waals surface area contributed by atoms with Crippen LogP contribution in [0.2, 0.25) is 0 Å². The molecule has 0 radical (unpaired) electrons. The van der Waals surface area contributed by atoms with Crippen LogP contribution in [0.5, 0.6) is 0 Å². The molecular weight excluding hydrogens is 372 g/mol. The molecule has 1 fully saturated rings. The molecular formula is C31H36. The highest BCUT2D eigenvalue weighted by molar-refractivity contribution is 5.67. The molecule has 0 aromatic heterocycles. The Hall–Kier alpha value is -2.60. The topological polar surface area (TPSA) is 0 Å². The summed E-state index contributed by atoms with van der Waals surface area (Å²) in [7, 11) is 0. The van der Waals surface area contributed by atoms with Gasteiger partial charge in [0.1, 0.15) is 0 Å². The Morgan fingerprint density at radius 1 is 0.839 bits per heavy atom. The molecule has 0 heteroatoms. The van der Waals surface area contributed by atoms with Crippen LogP contribution in [0.3, 0.4) is 0 Å². The summed E-state index contributed by atoms with van der Waals surface area (Å²) in [5.41, 5.74) is 10.8. The third kappa shape index (κ3) is 5.37. The van der Waals surface area contributed by atoms with Crippen molar-refractivity contribution in [2.75, 3.05) is 0 Å². The molecule has 1 saturated carbocycles. The average molecular weight is 409 g/mol. The second-order valence-corrected chi connectivity index (χ2v) is 9.72. The molecule has 4 rings (SSSR count). The average Bonchev–Trinajstić information content (AvgIpc) is 2.79. The highest BCUT2D eigenvalue weighted by Crippen LogP contribution is 2.36. The number of benzene rings is 3. The summed E-state index contributed by atoms with van der Waals surface area (Å²) in [6.45, 7) is 10.9. The zero-order chi connectivity index (χ0) is 21.8. The minimum Gasteiger partial charge on any atom is -0.0950 e. The molecule has 1 aliphatic rings. The van der Waals surface area contributed by atoms with Gasteiger partial charge < -0.3 is 0 Å². The molecule has 0 N–H and O–H groups in total. The van der Waals surface area contributed by atoms with Crippen molar-refractivity contribution in [2.24, 2.45) is 5.92 Å². The van der Waals surface area contributed by atoms with E-state index in [2.05, 4.69) is 94.1 Å². The summed E-state index contributed by atoms with van der Waals surface area (Å²) in [4.78, 5) is 0. The normalized spacial score (nSPS) is 14.7. The molecule has 0 amide bonds. The Balaban J connectivity index is 1.66. The maximum absolute atomic E-state index is 4.25. The first-order chi connectivity index (χ1) is 15.0. The summed E-state index contributed by atoms with van der Waals surface area (Å²) in [5, 5.41) is 0. The standard InChI is InChI=1S/C31H36/c1-22(2)24(4)27-15-13-25(14-16-27)18-26-19-30(28-10-6-5-7-11-28)21-31(20-26)29-12-8-9-23(3)17-29/h8-9,12-17,19-22,28H,4-7,10-11,18H2,1-3H3. The summed E-state index contributed by atoms with van der Waals surface area (Å²) in [5.74, 6) is 1.20. The Labute approximate surface area is 189 Å². The van der Waals surface area contributed by atoms with E-state index in [4.69, 9.17) is 0 Å². The SMILES string of the molecule is C=C(c1ccc(Cc2cc(-c3cccc(C)c3)cc(C3CCCCC3)c2)cc1)C(C)C. The number of hydrogen-bond donors (Lipinski definition) is 0. The molecule has 3 aromatic rings. The minimum absolute atomic E-state index is 0.481. The number of hydrogen-bond acceptors (Lipinski definition) is 0. The van der Waals surface area contributed by atoms with Gasteiger partial charge >= 0.3 is 0 Å². The fourth-order valence-corrected chi connectivity index (χ4v) is 4.89. The van der Waals surface area contributed by atoms with Gasteiger partial charge in [0.25, 0.3) is 0 Å². The maximum atomic E-state index is 4.25. The molecule has 0 bridgehead atoms. The lowest BCUT2D eigenvalue weighted by molar-refractivity contribution is 0.443. The van der Waals surface area contributed by atoms with E-state index in [1.807, 2.05) is 0 Å². The van der Waals surface area contributed by atoms with Crippen molar-refractivity contribution in [3.63, 3.8) is 0 Å². The smallest absolute Gasteiger partial charge is 0.00254 e. The van der Waals surface area contributed by atoms with Gasteiger partial charge in [-0.2, -0.15) is 0 Å². The van der Waals surface area contributed by atoms with Crippen molar-refractivity contribution < 1.29 is 0 Å². The highest BCUT2D eigenvalue weighted by Gasteiger charge is 2.17. The van der Waals surface area contributed by atoms with Crippen molar-refractivity contribution in [1.29, 1.82) is 0 Å². The molecule has 0 spiro atoms. The van der Waals surface area contributed by atoms with E-state index >= 15 is 0 Å². The fraction of sp³-hybridized carbons (Fsp3) is 0.355. The minimum atomic E-state index is 0.481. The van der Waals surface area contributed by atoms with Crippen LogP contribution in [0.1, 0.15) is 79.7 Å². The molecule has 1 aliphatic carbocycles. The monoisotopic (exact) mass is 408 g/mol. The van der Waals surface area contributed by atoms with Crippen LogP contribution in [0.15, 0.2) is 73.3 Å². The fourth-order valence-electron chi connectivity index (χ4n) is 4.89. The maximum Gasteiger partial charge on any atom is -0.00254 e. The van der Waals surface area contributed by atoms with E-state index in [0.717, 1.165) is 6.42 Å². The van der Waals surface area contributed by atoms with Crippen molar-refractivity contribution in [2.45, 2.75) is 65.2 Å². The molecule has 0 atom stereocenters. The van der Waals surface area contributed by atoms with Crippen LogP contribution in [0.4, 0.5) is 0 Å². The van der Waals surface area contributed by atoms with E-state index in [0.29, 0.717) is 11.8 Å². The Morgan fingerprint density at radius 3 is 2.26 bits per heavy atom. The van der Waals surface area contributed by atoms with Crippen molar-refractivity contribution in [3.8, 4) is 11.1 Å². The molecule has 160 valence electrons. The Kier molecular flexibility index (Phi) is 6.76. The summed E-state index contributed by atoms with van der Waals surface area (Å²) >= 11 is 0. The van der Waals surface area contributed by atoms with E-state index in [9.17, 15) is 0 Å². The van der Waals surface area contributed by atoms with E-state index < -0.39 is 0 Å². The number of rotatable bonds is 6. The van der Waals surface area contributed by atoms with Crippen molar-refractivity contribution in [1.82, 2.24) is 0 Å². The van der Waals surface area contributed by atoms with Crippen LogP contribution >= 0.6 is 0 Å². The van der Waals surface area contributed by atoms with Crippen molar-refractivity contribution in [3.05, 3.63) is 101 Å². The van der Waals surface area contributed by atoms with Crippen LogP contribution in [-0.4, -0.2) is 0 Å². The second kappa shape index (κ2) is 9.69. The second-order valence-electron chi connectivity index (χ2n) is 9.72. The van der Waals surface area contributed by atoms with E-state index in [1.54, 1.807) is 5.56 Å². The Bertz CT molecular complexity index is 1030. The summed E-state index contributed by atoms with van der Waals surface area (Å²) < 4.78 is 0. The molecule has 0 aliphatic heterocycles. The zero-order valence-electron chi connectivity index (χ0n) is 19.5. The number of allylic oxidation sites excluding steroid dienone is 1. The van der Waals surface area contributed by atoms with Gasteiger partial charge in [-0.3, -0.25) is 0 Å². The van der Waals surface area contributed by atoms with Gasteiger partial charge in [0.15, 0.2) is 0 Å². The van der Waals surface area contributed by atoms with Crippen molar-refractivity contribution >= 4 is 5.57 Å². The van der Waals surface area contributed by atoms with Crippen LogP contribution in [0.25, 0.3) is 16.7 Å². The predicted octanol–water partition coefficient (Wildman–Crippen LogP) is 8.97. The van der Waals surface area contributed by atoms with Gasteiger partial charge in [-0.05, 0) is 77.0 Å². The largest absolute Gasteiger partial charge is 0.0950 e. The van der Waals surface area contributed by atoms with Gasteiger partial charge in [0.05, 0.1) is 0 Å². The molecule has 0 saturated heterocycles. The van der Waals surface area contributed by atoms with Gasteiger partial charge in [-0.1, -0.05) is 112 Å². The third-order valence-corrected chi connectivity index (χ3v) is 6.87. The molecule has 0 unspecified atom stereocenters. The van der Waals surface area contributed by atoms with Crippen LogP contribution in [-0.2, 0) is 6.42 Å². The lowest BCUT2D eigenvalue weighted by atomic mass is 9.82. The predicted molar refractivity (Wildman–Crippen MR) is 136 cm³/mol. The van der Waals surface area contributed by atoms with Gasteiger partial charge in [-0.15, -0.1) is 0 Å².